The fourth-order valence-corrected chi connectivity index (χ4v) is 3.98. The number of para-hydroxylation sites is 2. The van der Waals surface area contributed by atoms with Crippen molar-refractivity contribution in [2.75, 3.05) is 18.6 Å². The van der Waals surface area contributed by atoms with Gasteiger partial charge in [-0.15, -0.1) is 0 Å². The van der Waals surface area contributed by atoms with Crippen LogP contribution in [0.15, 0.2) is 29.3 Å². The Morgan fingerprint density at radius 1 is 1.45 bits per heavy atom. The fraction of sp³-hybridized carbons (Fsp3) is 0.562. The molecule has 0 radical (unpaired) electrons. The minimum absolute atomic E-state index is 0.0630. The van der Waals surface area contributed by atoms with Gasteiger partial charge in [0.25, 0.3) is 0 Å². The molecule has 108 valence electrons. The maximum absolute atomic E-state index is 6.23. The van der Waals surface area contributed by atoms with Gasteiger partial charge < -0.3 is 15.4 Å². The van der Waals surface area contributed by atoms with E-state index in [4.69, 9.17) is 10.5 Å². The summed E-state index contributed by atoms with van der Waals surface area (Å²) < 4.78 is 5.53. The van der Waals surface area contributed by atoms with Crippen molar-refractivity contribution in [2.45, 2.75) is 38.1 Å². The molecule has 0 aromatic heterocycles. The zero-order valence-corrected chi connectivity index (χ0v) is 12.3. The molecule has 4 heteroatoms. The number of methoxy groups -OCH3 is 1. The Bertz CT molecular complexity index is 528. The number of guanidine groups is 1. The second-order valence-corrected chi connectivity index (χ2v) is 5.78. The number of ether oxygens (including phenoxy) is 1. The lowest BCUT2D eigenvalue weighted by molar-refractivity contribution is 0.328. The van der Waals surface area contributed by atoms with E-state index >= 15 is 0 Å². The van der Waals surface area contributed by atoms with Crippen molar-refractivity contribution in [1.82, 2.24) is 0 Å². The topological polar surface area (TPSA) is 50.8 Å². The first-order valence-electron chi connectivity index (χ1n) is 7.46. The summed E-state index contributed by atoms with van der Waals surface area (Å²) in [7, 11) is 1.71. The van der Waals surface area contributed by atoms with Crippen molar-refractivity contribution in [2.24, 2.45) is 16.6 Å². The minimum atomic E-state index is 0.0630. The van der Waals surface area contributed by atoms with Gasteiger partial charge in [-0.05, 0) is 30.9 Å². The Hall–Kier alpha value is -1.71. The number of rotatable bonds is 3. The number of nitrogens with zero attached hydrogens (tertiary/aromatic N) is 2. The Kier molecular flexibility index (Phi) is 3.32. The Labute approximate surface area is 120 Å². The van der Waals surface area contributed by atoms with Crippen molar-refractivity contribution in [3.63, 3.8) is 0 Å². The van der Waals surface area contributed by atoms with Gasteiger partial charge in [0.15, 0.2) is 5.96 Å². The van der Waals surface area contributed by atoms with Gasteiger partial charge in [0.1, 0.15) is 5.75 Å². The number of nitrogens with two attached hydrogens (primary N) is 1. The van der Waals surface area contributed by atoms with E-state index < -0.39 is 0 Å². The van der Waals surface area contributed by atoms with E-state index in [-0.39, 0.29) is 5.54 Å². The number of hydrogen-bond acceptors (Lipinski definition) is 4. The van der Waals surface area contributed by atoms with Gasteiger partial charge in [0.05, 0.1) is 24.9 Å². The molecule has 2 unspecified atom stereocenters. The Morgan fingerprint density at radius 3 is 3.00 bits per heavy atom. The number of benzene rings is 1. The highest BCUT2D eigenvalue weighted by atomic mass is 16.5. The summed E-state index contributed by atoms with van der Waals surface area (Å²) in [5.41, 5.74) is 7.34. The molecule has 1 saturated carbocycles. The normalized spacial score (nSPS) is 29.0. The molecule has 3 rings (SSSR count). The summed E-state index contributed by atoms with van der Waals surface area (Å²) in [5.74, 6) is 2.15. The molecular formula is C16H23N3O. The van der Waals surface area contributed by atoms with Crippen molar-refractivity contribution in [3.05, 3.63) is 24.3 Å². The van der Waals surface area contributed by atoms with Crippen molar-refractivity contribution in [3.8, 4) is 5.75 Å². The standard InChI is InChI=1S/C16H23N3O/c1-3-12-7-6-10-16(12)11-18-15(17)19(16)13-8-4-5-9-14(13)20-2/h4-5,8-9,12H,3,6-7,10-11H2,1-2H3,(H2,17,18). The highest BCUT2D eigenvalue weighted by Gasteiger charge is 2.51. The molecule has 0 amide bonds. The Morgan fingerprint density at radius 2 is 2.25 bits per heavy atom. The molecule has 1 aliphatic carbocycles. The predicted molar refractivity (Wildman–Crippen MR) is 82.3 cm³/mol. The maximum Gasteiger partial charge on any atom is 0.196 e. The summed E-state index contributed by atoms with van der Waals surface area (Å²) in [6, 6.07) is 8.10. The SMILES string of the molecule is CCC1CCCC12CN=C(N)N2c1ccccc1OC. The highest BCUT2D eigenvalue weighted by Crippen LogP contribution is 2.48. The van der Waals surface area contributed by atoms with Crippen LogP contribution in [0.5, 0.6) is 5.75 Å². The third-order valence-corrected chi connectivity index (χ3v) is 4.93. The van der Waals surface area contributed by atoms with Gasteiger partial charge in [-0.2, -0.15) is 0 Å². The molecule has 1 aromatic carbocycles. The summed E-state index contributed by atoms with van der Waals surface area (Å²) >= 11 is 0. The molecule has 2 N–H and O–H groups in total. The molecule has 20 heavy (non-hydrogen) atoms. The first kappa shape index (κ1) is 13.3. The maximum atomic E-state index is 6.23. The van der Waals surface area contributed by atoms with Gasteiger partial charge in [-0.25, -0.2) is 0 Å². The lowest BCUT2D eigenvalue weighted by atomic mass is 9.84. The highest BCUT2D eigenvalue weighted by molar-refractivity contribution is 5.99. The Balaban J connectivity index is 2.07. The summed E-state index contributed by atoms with van der Waals surface area (Å²) in [6.45, 7) is 3.09. The van der Waals surface area contributed by atoms with Crippen LogP contribution in [0.2, 0.25) is 0 Å². The van der Waals surface area contributed by atoms with Crippen molar-refractivity contribution >= 4 is 11.6 Å². The molecule has 1 spiro atoms. The minimum Gasteiger partial charge on any atom is -0.495 e. The second kappa shape index (κ2) is 5.00. The zero-order chi connectivity index (χ0) is 14.2. The van der Waals surface area contributed by atoms with Gasteiger partial charge in [-0.1, -0.05) is 31.9 Å². The summed E-state index contributed by atoms with van der Waals surface area (Å²) in [4.78, 5) is 6.81. The van der Waals surface area contributed by atoms with Crippen molar-refractivity contribution < 1.29 is 4.74 Å². The average Bonchev–Trinajstić information content (AvgIpc) is 3.04. The van der Waals surface area contributed by atoms with Crippen LogP contribution in [0.1, 0.15) is 32.6 Å². The lowest BCUT2D eigenvalue weighted by Gasteiger charge is -2.41. The van der Waals surface area contributed by atoms with E-state index in [0.29, 0.717) is 11.9 Å². The van der Waals surface area contributed by atoms with Crippen LogP contribution >= 0.6 is 0 Å². The first-order chi connectivity index (χ1) is 9.73. The predicted octanol–water partition coefficient (Wildman–Crippen LogP) is 2.78. The van der Waals surface area contributed by atoms with E-state index in [2.05, 4.69) is 22.9 Å². The number of hydrogen-bond donors (Lipinski definition) is 1. The van der Waals surface area contributed by atoms with Gasteiger partial charge in [0, 0.05) is 0 Å². The van der Waals surface area contributed by atoms with Crippen molar-refractivity contribution in [1.29, 1.82) is 0 Å². The second-order valence-electron chi connectivity index (χ2n) is 5.78. The van der Waals surface area contributed by atoms with Crippen LogP contribution in [-0.2, 0) is 0 Å². The van der Waals surface area contributed by atoms with Crippen LogP contribution < -0.4 is 15.4 Å². The molecular weight excluding hydrogens is 250 g/mol. The van der Waals surface area contributed by atoms with Crippen LogP contribution in [-0.4, -0.2) is 25.2 Å². The molecule has 2 atom stereocenters. The molecule has 4 nitrogen and oxygen atoms in total. The largest absolute Gasteiger partial charge is 0.495 e. The fourth-order valence-electron chi connectivity index (χ4n) is 3.98. The number of aliphatic imine (C=N–C) groups is 1. The van der Waals surface area contributed by atoms with E-state index in [1.807, 2.05) is 18.2 Å². The van der Waals surface area contributed by atoms with Crippen LogP contribution in [0.4, 0.5) is 5.69 Å². The first-order valence-corrected chi connectivity index (χ1v) is 7.46. The zero-order valence-electron chi connectivity index (χ0n) is 12.3. The van der Waals surface area contributed by atoms with Gasteiger partial charge in [-0.3, -0.25) is 4.99 Å². The monoisotopic (exact) mass is 273 g/mol. The molecule has 1 heterocycles. The summed E-state index contributed by atoms with van der Waals surface area (Å²) in [6.07, 6.45) is 4.86. The van der Waals surface area contributed by atoms with Crippen LogP contribution in [0, 0.1) is 5.92 Å². The lowest BCUT2D eigenvalue weighted by Crippen LogP contribution is -2.54. The quantitative estimate of drug-likeness (QED) is 0.921. The van der Waals surface area contributed by atoms with Crippen LogP contribution in [0.25, 0.3) is 0 Å². The van der Waals surface area contributed by atoms with E-state index in [1.54, 1.807) is 7.11 Å². The molecule has 1 aliphatic heterocycles. The molecule has 1 aromatic rings. The smallest absolute Gasteiger partial charge is 0.196 e. The third kappa shape index (κ3) is 1.78. The van der Waals surface area contributed by atoms with Gasteiger partial charge in [0.2, 0.25) is 0 Å². The van der Waals surface area contributed by atoms with Gasteiger partial charge >= 0.3 is 0 Å². The van der Waals surface area contributed by atoms with Crippen LogP contribution in [0.3, 0.4) is 0 Å². The number of anilines is 1. The molecule has 0 bridgehead atoms. The average molecular weight is 273 g/mol. The molecule has 0 saturated heterocycles. The van der Waals surface area contributed by atoms with E-state index in [1.165, 1.54) is 19.3 Å². The van der Waals surface area contributed by atoms with E-state index in [0.717, 1.165) is 24.4 Å². The third-order valence-electron chi connectivity index (χ3n) is 4.93. The molecule has 2 aliphatic rings. The molecule has 1 fully saturated rings. The van der Waals surface area contributed by atoms with E-state index in [9.17, 15) is 0 Å². The summed E-state index contributed by atoms with van der Waals surface area (Å²) in [5, 5.41) is 0.